The Morgan fingerprint density at radius 3 is 2.44 bits per heavy atom. The van der Waals surface area contributed by atoms with Gasteiger partial charge in [0, 0.05) is 33.9 Å². The van der Waals surface area contributed by atoms with Crippen molar-refractivity contribution in [2.24, 2.45) is 0 Å². The van der Waals surface area contributed by atoms with E-state index in [1.807, 2.05) is 61.7 Å². The van der Waals surface area contributed by atoms with E-state index in [1.54, 1.807) is 12.3 Å². The van der Waals surface area contributed by atoms with Crippen molar-refractivity contribution < 1.29 is 8.42 Å². The van der Waals surface area contributed by atoms with Crippen LogP contribution in [-0.2, 0) is 10.0 Å². The molecule has 1 fully saturated rings. The second-order valence-electron chi connectivity index (χ2n) is 8.65. The summed E-state index contributed by atoms with van der Waals surface area (Å²) in [6.45, 7) is 1.87. The first kappa shape index (κ1) is 24.5. The number of aryl methyl sites for hydroxylation is 1. The van der Waals surface area contributed by atoms with Gasteiger partial charge in [0.25, 0.3) is 0 Å². The van der Waals surface area contributed by atoms with Crippen LogP contribution in [0.25, 0.3) is 5.69 Å². The Balaban J connectivity index is 1.63. The molecule has 0 unspecified atom stereocenters. The van der Waals surface area contributed by atoms with E-state index in [1.165, 1.54) is 0 Å². The molecule has 2 atom stereocenters. The zero-order chi connectivity index (χ0) is 25.4. The number of hydrogen-bond donors (Lipinski definition) is 2. The molecule has 0 spiro atoms. The van der Waals surface area contributed by atoms with E-state index in [2.05, 4.69) is 58.6 Å². The molecule has 7 nitrogen and oxygen atoms in total. The predicted molar refractivity (Wildman–Crippen MR) is 151 cm³/mol. The van der Waals surface area contributed by atoms with Gasteiger partial charge >= 0.3 is 0 Å². The average Bonchev–Trinajstić information content (AvgIpc) is 3.45. The molecule has 1 aliphatic rings. The van der Waals surface area contributed by atoms with Gasteiger partial charge < -0.3 is 14.8 Å². The average molecular weight is 583 g/mol. The number of halogens is 1. The molecule has 0 radical (unpaired) electrons. The van der Waals surface area contributed by atoms with E-state index >= 15 is 0 Å². The fraction of sp³-hybridized carbons (Fsp3) is 0.154. The van der Waals surface area contributed by atoms with Crippen LogP contribution in [0.2, 0.25) is 0 Å². The fourth-order valence-electron chi connectivity index (χ4n) is 4.52. The van der Waals surface area contributed by atoms with Crippen LogP contribution in [0.5, 0.6) is 0 Å². The summed E-state index contributed by atoms with van der Waals surface area (Å²) in [5, 5.41) is 4.05. The van der Waals surface area contributed by atoms with Crippen LogP contribution in [0.1, 0.15) is 29.0 Å². The molecule has 2 aromatic carbocycles. The second kappa shape index (κ2) is 9.68. The van der Waals surface area contributed by atoms with Crippen molar-refractivity contribution in [3.8, 4) is 5.69 Å². The molecule has 0 amide bonds. The number of benzene rings is 2. The number of aromatic nitrogens is 2. The zero-order valence-corrected chi connectivity index (χ0v) is 22.8. The number of sulfonamides is 1. The van der Waals surface area contributed by atoms with E-state index in [0.29, 0.717) is 10.8 Å². The van der Waals surface area contributed by atoms with Crippen molar-refractivity contribution in [3.63, 3.8) is 0 Å². The molecule has 1 saturated heterocycles. The molecule has 0 saturated carbocycles. The fourth-order valence-corrected chi connectivity index (χ4v) is 5.76. The van der Waals surface area contributed by atoms with Crippen molar-refractivity contribution in [2.45, 2.75) is 19.0 Å². The van der Waals surface area contributed by atoms with Crippen LogP contribution < -0.4 is 14.9 Å². The Morgan fingerprint density at radius 1 is 1.03 bits per heavy atom. The molecule has 0 bridgehead atoms. The first-order chi connectivity index (χ1) is 17.2. The lowest BCUT2D eigenvalue weighted by molar-refractivity contribution is 0.549. The van der Waals surface area contributed by atoms with Gasteiger partial charge in [0.1, 0.15) is 6.04 Å². The van der Waals surface area contributed by atoms with Crippen molar-refractivity contribution >= 4 is 54.7 Å². The highest BCUT2D eigenvalue weighted by atomic mass is 79.9. The number of nitrogens with one attached hydrogen (secondary N) is 2. The highest BCUT2D eigenvalue weighted by Gasteiger charge is 2.42. The van der Waals surface area contributed by atoms with Crippen LogP contribution in [-0.4, -0.2) is 29.3 Å². The van der Waals surface area contributed by atoms with Gasteiger partial charge in [0.05, 0.1) is 23.7 Å². The summed E-state index contributed by atoms with van der Waals surface area (Å²) in [4.78, 5) is 6.71. The van der Waals surface area contributed by atoms with Gasteiger partial charge in [-0.15, -0.1) is 0 Å². The molecule has 4 aromatic rings. The maximum atomic E-state index is 11.8. The largest absolute Gasteiger partial charge is 0.351 e. The van der Waals surface area contributed by atoms with Gasteiger partial charge in [-0.1, -0.05) is 22.0 Å². The summed E-state index contributed by atoms with van der Waals surface area (Å²) in [6.07, 6.45) is 4.96. The molecular formula is C26H24BrN5O2S2. The third-order valence-corrected chi connectivity index (χ3v) is 7.50. The Morgan fingerprint density at radius 2 is 1.78 bits per heavy atom. The minimum atomic E-state index is -3.39. The molecule has 10 heteroatoms. The van der Waals surface area contributed by atoms with Crippen molar-refractivity contribution in [1.29, 1.82) is 0 Å². The lowest BCUT2D eigenvalue weighted by atomic mass is 10.0. The maximum absolute atomic E-state index is 11.8. The number of anilines is 2. The molecule has 1 aliphatic heterocycles. The van der Waals surface area contributed by atoms with E-state index in [9.17, 15) is 8.42 Å². The summed E-state index contributed by atoms with van der Waals surface area (Å²) in [6, 6.07) is 23.3. The second-order valence-corrected chi connectivity index (χ2v) is 11.7. The normalized spacial score (nSPS) is 17.8. The standard InChI is InChI=1S/C26H24BrN5O2S2/c1-17-16-20(12-13-21(17)30-36(2,33)34)32-25(24(29-26(32)35)22-6-3-4-14-28-22)23-7-5-15-31(23)19-10-8-18(27)9-11-19/h3-16,24-25,30H,1-2H3,(H,29,35)/t24-,25-/m0/s1. The number of hydrogen-bond acceptors (Lipinski definition) is 4. The number of pyridine rings is 1. The molecular weight excluding hydrogens is 558 g/mol. The Hall–Kier alpha value is -3.21. The van der Waals surface area contributed by atoms with Crippen LogP contribution >= 0.6 is 28.1 Å². The topological polar surface area (TPSA) is 79.3 Å². The van der Waals surface area contributed by atoms with E-state index in [-0.39, 0.29) is 12.1 Å². The minimum absolute atomic E-state index is 0.197. The Labute approximate surface area is 224 Å². The highest BCUT2D eigenvalue weighted by molar-refractivity contribution is 9.10. The lowest BCUT2D eigenvalue weighted by Gasteiger charge is -2.29. The third kappa shape index (κ3) is 4.88. The van der Waals surface area contributed by atoms with Crippen LogP contribution in [0.3, 0.4) is 0 Å². The van der Waals surface area contributed by atoms with Crippen LogP contribution in [0, 0.1) is 6.92 Å². The zero-order valence-electron chi connectivity index (χ0n) is 19.6. The summed E-state index contributed by atoms with van der Waals surface area (Å²) in [5.41, 5.74) is 5.13. The highest BCUT2D eigenvalue weighted by Crippen LogP contribution is 2.43. The van der Waals surface area contributed by atoms with Crippen molar-refractivity contribution in [3.05, 3.63) is 107 Å². The predicted octanol–water partition coefficient (Wildman–Crippen LogP) is 5.49. The number of rotatable bonds is 6. The number of thiocarbonyl (C=S) groups is 1. The molecule has 5 rings (SSSR count). The van der Waals surface area contributed by atoms with E-state index < -0.39 is 10.0 Å². The summed E-state index contributed by atoms with van der Waals surface area (Å²) in [7, 11) is -3.39. The molecule has 36 heavy (non-hydrogen) atoms. The monoisotopic (exact) mass is 581 g/mol. The third-order valence-electron chi connectivity index (χ3n) is 6.07. The number of nitrogens with zero attached hydrogens (tertiary/aromatic N) is 3. The van der Waals surface area contributed by atoms with E-state index in [0.717, 1.165) is 39.1 Å². The van der Waals surface area contributed by atoms with Crippen molar-refractivity contribution in [1.82, 2.24) is 14.9 Å². The quantitative estimate of drug-likeness (QED) is 0.293. The first-order valence-electron chi connectivity index (χ1n) is 11.2. The molecule has 184 valence electrons. The summed E-state index contributed by atoms with van der Waals surface area (Å²) >= 11 is 9.37. The lowest BCUT2D eigenvalue weighted by Crippen LogP contribution is -2.30. The van der Waals surface area contributed by atoms with Crippen molar-refractivity contribution in [2.75, 3.05) is 15.9 Å². The molecule has 2 N–H and O–H groups in total. The molecule has 3 heterocycles. The first-order valence-corrected chi connectivity index (χ1v) is 14.3. The Bertz CT molecular complexity index is 1520. The Kier molecular flexibility index (Phi) is 6.59. The summed E-state index contributed by atoms with van der Waals surface area (Å²) < 4.78 is 29.3. The van der Waals surface area contributed by atoms with Gasteiger partial charge in [0.2, 0.25) is 10.0 Å². The van der Waals surface area contributed by atoms with Crippen LogP contribution in [0.4, 0.5) is 11.4 Å². The summed E-state index contributed by atoms with van der Waals surface area (Å²) in [5.74, 6) is 0. The molecule has 2 aromatic heterocycles. The minimum Gasteiger partial charge on any atom is -0.351 e. The van der Waals surface area contributed by atoms with Gasteiger partial charge in [-0.2, -0.15) is 0 Å². The molecule has 0 aliphatic carbocycles. The van der Waals surface area contributed by atoms with Gasteiger partial charge in [0.15, 0.2) is 5.11 Å². The van der Waals surface area contributed by atoms with Crippen LogP contribution in [0.15, 0.2) is 89.7 Å². The SMILES string of the molecule is Cc1cc(N2C(=S)N[C@@H](c3ccccn3)[C@@H]2c2cccn2-c2ccc(Br)cc2)ccc1NS(C)(=O)=O. The van der Waals surface area contributed by atoms with Gasteiger partial charge in [-0.3, -0.25) is 9.71 Å². The van der Waals surface area contributed by atoms with Gasteiger partial charge in [-0.05, 0) is 91.4 Å². The van der Waals surface area contributed by atoms with Gasteiger partial charge in [-0.25, -0.2) is 8.42 Å². The van der Waals surface area contributed by atoms with E-state index in [4.69, 9.17) is 12.2 Å². The maximum Gasteiger partial charge on any atom is 0.229 e. The smallest absolute Gasteiger partial charge is 0.229 e.